The van der Waals surface area contributed by atoms with E-state index < -0.39 is 11.0 Å². The summed E-state index contributed by atoms with van der Waals surface area (Å²) in [4.78, 5) is 32.2. The van der Waals surface area contributed by atoms with Crippen LogP contribution in [0.25, 0.3) is 0 Å². The highest BCUT2D eigenvalue weighted by Gasteiger charge is 2.56. The van der Waals surface area contributed by atoms with Crippen molar-refractivity contribution in [1.82, 2.24) is 4.90 Å². The number of carbonyl (C=O) groups excluding carboxylic acids is 2. The number of aryl methyl sites for hydroxylation is 1. The second-order valence-electron chi connectivity index (χ2n) is 9.73. The average molecular weight is 419 g/mol. The van der Waals surface area contributed by atoms with E-state index in [1.807, 2.05) is 45.0 Å². The smallest absolute Gasteiger partial charge is 0.410 e. The fourth-order valence-electron chi connectivity index (χ4n) is 4.97. The van der Waals surface area contributed by atoms with Crippen LogP contribution in [0.15, 0.2) is 53.5 Å². The zero-order valence-electron chi connectivity index (χ0n) is 18.9. The summed E-state index contributed by atoms with van der Waals surface area (Å²) in [7, 11) is 0. The largest absolute Gasteiger partial charge is 0.444 e. The number of hydrogen-bond acceptors (Lipinski definition) is 4. The van der Waals surface area contributed by atoms with Crippen molar-refractivity contribution in [2.24, 2.45) is 10.9 Å². The predicted octanol–water partition coefficient (Wildman–Crippen LogP) is 5.21. The molecule has 2 atom stereocenters. The van der Waals surface area contributed by atoms with Crippen molar-refractivity contribution in [3.8, 4) is 0 Å². The van der Waals surface area contributed by atoms with E-state index in [1.165, 1.54) is 0 Å². The van der Waals surface area contributed by atoms with E-state index in [0.717, 1.165) is 28.1 Å². The van der Waals surface area contributed by atoms with Crippen molar-refractivity contribution in [1.29, 1.82) is 0 Å². The summed E-state index contributed by atoms with van der Waals surface area (Å²) < 4.78 is 5.69. The molecule has 0 N–H and O–H groups in total. The number of ketones is 1. The minimum Gasteiger partial charge on any atom is -0.444 e. The van der Waals surface area contributed by atoms with Gasteiger partial charge in [-0.15, -0.1) is 0 Å². The first-order valence-electron chi connectivity index (χ1n) is 10.8. The van der Waals surface area contributed by atoms with Gasteiger partial charge in [-0.2, -0.15) is 0 Å². The lowest BCUT2D eigenvalue weighted by molar-refractivity contribution is -0.118. The van der Waals surface area contributed by atoms with Gasteiger partial charge in [-0.05, 0) is 51.3 Å². The molecule has 2 aromatic rings. The number of fused-ring (bicyclic) bond motifs is 2. The highest BCUT2D eigenvalue weighted by Crippen LogP contribution is 2.52. The Kier molecular flexibility index (Phi) is 5.24. The molecule has 2 heterocycles. The van der Waals surface area contributed by atoms with Crippen LogP contribution in [0.1, 0.15) is 50.8 Å². The third-order valence-electron chi connectivity index (χ3n) is 6.18. The van der Waals surface area contributed by atoms with Gasteiger partial charge >= 0.3 is 6.09 Å². The molecule has 2 aromatic carbocycles. The first-order chi connectivity index (χ1) is 14.6. The van der Waals surface area contributed by atoms with Crippen LogP contribution in [0.2, 0.25) is 0 Å². The molecule has 1 spiro atoms. The third-order valence-corrected chi connectivity index (χ3v) is 6.18. The summed E-state index contributed by atoms with van der Waals surface area (Å²) in [5.41, 5.74) is 4.01. The first kappa shape index (κ1) is 21.3. The molecular weight excluding hydrogens is 388 g/mol. The van der Waals surface area contributed by atoms with Crippen molar-refractivity contribution in [3.05, 3.63) is 65.2 Å². The van der Waals surface area contributed by atoms with Crippen LogP contribution in [0.3, 0.4) is 0 Å². The Hall–Kier alpha value is -2.95. The van der Waals surface area contributed by atoms with Gasteiger partial charge in [-0.1, -0.05) is 48.5 Å². The van der Waals surface area contributed by atoms with Gasteiger partial charge in [0.25, 0.3) is 0 Å². The minimum absolute atomic E-state index is 0.0699. The standard InChI is InChI=1S/C26H30N2O3/c1-17-10-9-13-21-22(17)27-23(19-11-7-6-8-12-19)26(21)16-28(15-20(26)14-18(2)29)24(30)31-25(3,4)5/h6-13,20H,14-16H2,1-5H3. The number of para-hydroxylation sites is 1. The fourth-order valence-corrected chi connectivity index (χ4v) is 4.97. The Morgan fingerprint density at radius 2 is 1.84 bits per heavy atom. The molecule has 0 aliphatic carbocycles. The Labute approximate surface area is 184 Å². The summed E-state index contributed by atoms with van der Waals surface area (Å²) in [5.74, 6) is 0.0449. The van der Waals surface area contributed by atoms with Crippen LogP contribution in [-0.4, -0.2) is 41.2 Å². The van der Waals surface area contributed by atoms with Crippen molar-refractivity contribution < 1.29 is 14.3 Å². The number of Topliss-reactive ketones (excluding diaryl/α,β-unsaturated/α-hetero) is 1. The number of hydrogen-bond donors (Lipinski definition) is 0. The van der Waals surface area contributed by atoms with Gasteiger partial charge in [-0.3, -0.25) is 4.99 Å². The summed E-state index contributed by atoms with van der Waals surface area (Å²) in [6.45, 7) is 10.2. The van der Waals surface area contributed by atoms with E-state index in [1.54, 1.807) is 11.8 Å². The molecular formula is C26H30N2O3. The van der Waals surface area contributed by atoms with Gasteiger partial charge in [0.15, 0.2) is 0 Å². The predicted molar refractivity (Wildman–Crippen MR) is 122 cm³/mol. The van der Waals surface area contributed by atoms with E-state index >= 15 is 0 Å². The number of aliphatic imine (C=N–C) groups is 1. The lowest BCUT2D eigenvalue weighted by Crippen LogP contribution is -2.43. The van der Waals surface area contributed by atoms with E-state index in [-0.39, 0.29) is 17.8 Å². The van der Waals surface area contributed by atoms with E-state index in [4.69, 9.17) is 9.73 Å². The Morgan fingerprint density at radius 1 is 1.13 bits per heavy atom. The molecule has 162 valence electrons. The third kappa shape index (κ3) is 3.78. The van der Waals surface area contributed by atoms with Crippen molar-refractivity contribution in [2.45, 2.75) is 52.1 Å². The fraction of sp³-hybridized carbons (Fsp3) is 0.423. The number of benzene rings is 2. The van der Waals surface area contributed by atoms with Crippen LogP contribution in [0.4, 0.5) is 10.5 Å². The average Bonchev–Trinajstić information content (AvgIpc) is 3.22. The lowest BCUT2D eigenvalue weighted by Gasteiger charge is -2.33. The van der Waals surface area contributed by atoms with Gasteiger partial charge in [0.05, 0.1) is 16.8 Å². The SMILES string of the molecule is CC(=O)CC1CN(C(=O)OC(C)(C)C)CC12C(c1ccccc1)=Nc1c(C)cccc12. The summed E-state index contributed by atoms with van der Waals surface area (Å²) in [6, 6.07) is 16.3. The molecule has 31 heavy (non-hydrogen) atoms. The number of carbonyl (C=O) groups is 2. The van der Waals surface area contributed by atoms with Gasteiger partial charge in [0.1, 0.15) is 11.4 Å². The molecule has 0 aromatic heterocycles. The minimum atomic E-state index is -0.580. The lowest BCUT2D eigenvalue weighted by atomic mass is 9.67. The Morgan fingerprint density at radius 3 is 2.48 bits per heavy atom. The summed E-state index contributed by atoms with van der Waals surface area (Å²) in [6.07, 6.45) is 0.0462. The van der Waals surface area contributed by atoms with Crippen LogP contribution in [-0.2, 0) is 14.9 Å². The number of ether oxygens (including phenoxy) is 1. The summed E-state index contributed by atoms with van der Waals surface area (Å²) >= 11 is 0. The zero-order chi connectivity index (χ0) is 22.4. The Balaban J connectivity index is 1.87. The quantitative estimate of drug-likeness (QED) is 0.687. The second kappa shape index (κ2) is 7.63. The molecule has 1 saturated heterocycles. The molecule has 2 aliphatic rings. The van der Waals surface area contributed by atoms with E-state index in [0.29, 0.717) is 19.5 Å². The molecule has 4 rings (SSSR count). The van der Waals surface area contributed by atoms with Crippen molar-refractivity contribution in [3.63, 3.8) is 0 Å². The molecule has 0 bridgehead atoms. The zero-order valence-corrected chi connectivity index (χ0v) is 18.9. The molecule has 0 radical (unpaired) electrons. The number of amides is 1. The van der Waals surface area contributed by atoms with Gasteiger partial charge < -0.3 is 14.4 Å². The van der Waals surface area contributed by atoms with Crippen molar-refractivity contribution in [2.75, 3.05) is 13.1 Å². The Bertz CT molecular complexity index is 1050. The maximum absolute atomic E-state index is 13.0. The number of nitrogens with zero attached hydrogens (tertiary/aromatic N) is 2. The highest BCUT2D eigenvalue weighted by atomic mass is 16.6. The molecule has 2 unspecified atom stereocenters. The monoisotopic (exact) mass is 418 g/mol. The summed E-state index contributed by atoms with van der Waals surface area (Å²) in [5, 5.41) is 0. The van der Waals surface area contributed by atoms with E-state index in [2.05, 4.69) is 31.2 Å². The first-order valence-corrected chi connectivity index (χ1v) is 10.8. The second-order valence-corrected chi connectivity index (χ2v) is 9.73. The van der Waals surface area contributed by atoms with Crippen LogP contribution in [0.5, 0.6) is 0 Å². The molecule has 2 aliphatic heterocycles. The van der Waals surface area contributed by atoms with Gasteiger partial charge in [-0.25, -0.2) is 4.79 Å². The molecule has 5 heteroatoms. The van der Waals surface area contributed by atoms with Crippen LogP contribution < -0.4 is 0 Å². The molecule has 1 amide bonds. The van der Waals surface area contributed by atoms with Crippen LogP contribution in [0, 0.1) is 12.8 Å². The molecule has 1 fully saturated rings. The van der Waals surface area contributed by atoms with Crippen LogP contribution >= 0.6 is 0 Å². The molecule has 0 saturated carbocycles. The van der Waals surface area contributed by atoms with Crippen molar-refractivity contribution >= 4 is 23.3 Å². The van der Waals surface area contributed by atoms with Gasteiger partial charge in [0, 0.05) is 25.4 Å². The number of likely N-dealkylation sites (tertiary alicyclic amines) is 1. The molecule has 5 nitrogen and oxygen atoms in total. The highest BCUT2D eigenvalue weighted by molar-refractivity contribution is 6.14. The maximum Gasteiger partial charge on any atom is 0.410 e. The maximum atomic E-state index is 13.0. The normalized spacial score (nSPS) is 22.4. The topological polar surface area (TPSA) is 59.0 Å². The van der Waals surface area contributed by atoms with Gasteiger partial charge in [0.2, 0.25) is 0 Å². The number of rotatable bonds is 3. The van der Waals surface area contributed by atoms with E-state index in [9.17, 15) is 9.59 Å².